The number of piperidine rings is 1. The Morgan fingerprint density at radius 3 is 2.62 bits per heavy atom. The van der Waals surface area contributed by atoms with E-state index in [9.17, 15) is 4.79 Å². The molecule has 1 aliphatic rings. The maximum atomic E-state index is 12.4. The maximum Gasteiger partial charge on any atom is 0.260 e. The van der Waals surface area contributed by atoms with Crippen molar-refractivity contribution in [1.82, 2.24) is 9.62 Å². The van der Waals surface area contributed by atoms with Gasteiger partial charge in [-0.2, -0.15) is 0 Å². The summed E-state index contributed by atoms with van der Waals surface area (Å²) in [5, 5.41) is 2.39. The Hall–Kier alpha value is -1.52. The number of carbonyl (C=O) groups excluding carboxylic acids is 1. The molecule has 0 aromatic heterocycles. The second kappa shape index (κ2) is 10.6. The minimum atomic E-state index is -0.102. The smallest absolute Gasteiger partial charge is 0.260 e. The number of ether oxygens (including phenoxy) is 2. The van der Waals surface area contributed by atoms with Crippen molar-refractivity contribution in [3.63, 3.8) is 0 Å². The Bertz CT molecular complexity index is 686. The highest BCUT2D eigenvalue weighted by molar-refractivity contribution is 8.00. The summed E-state index contributed by atoms with van der Waals surface area (Å²) in [7, 11) is 0. The van der Waals surface area contributed by atoms with Gasteiger partial charge in [0.15, 0.2) is 6.61 Å². The number of halogens is 2. The summed E-state index contributed by atoms with van der Waals surface area (Å²) in [4.78, 5) is 14.1. The van der Waals surface area contributed by atoms with Gasteiger partial charge in [0, 0.05) is 25.2 Å². The third-order valence-corrected chi connectivity index (χ3v) is 5.04. The summed E-state index contributed by atoms with van der Waals surface area (Å²) in [6.07, 6.45) is 6.95. The van der Waals surface area contributed by atoms with Gasteiger partial charge in [0.05, 0.1) is 10.0 Å². The number of carbonyl (C=O) groups is 1. The van der Waals surface area contributed by atoms with Gasteiger partial charge in [-0.25, -0.2) is 0 Å². The average molecular weight is 415 g/mol. The van der Waals surface area contributed by atoms with Gasteiger partial charge in [-0.3, -0.25) is 9.52 Å². The molecule has 1 amide bonds. The first-order chi connectivity index (χ1) is 12.5. The van der Waals surface area contributed by atoms with Crippen LogP contribution in [0, 0.1) is 12.3 Å². The largest absolute Gasteiger partial charge is 0.482 e. The first kappa shape index (κ1) is 20.8. The Kier molecular flexibility index (Phi) is 8.46. The molecule has 8 heteroatoms. The monoisotopic (exact) mass is 414 g/mol. The molecule has 1 fully saturated rings. The van der Waals surface area contributed by atoms with E-state index in [1.54, 1.807) is 10.3 Å². The lowest BCUT2D eigenvalue weighted by molar-refractivity contribution is -0.134. The van der Waals surface area contributed by atoms with Crippen LogP contribution in [-0.2, 0) is 4.79 Å². The molecular formula is C18H20Cl2N2O3S. The van der Waals surface area contributed by atoms with Gasteiger partial charge in [0.25, 0.3) is 5.91 Å². The van der Waals surface area contributed by atoms with Crippen molar-refractivity contribution in [2.24, 2.45) is 0 Å². The van der Waals surface area contributed by atoms with Gasteiger partial charge in [-0.15, -0.1) is 6.42 Å². The number of nitrogens with one attached hydrogen (secondary N) is 1. The average Bonchev–Trinajstić information content (AvgIpc) is 2.65. The molecule has 26 heavy (non-hydrogen) atoms. The fourth-order valence-electron chi connectivity index (χ4n) is 2.47. The van der Waals surface area contributed by atoms with Crippen LogP contribution in [0.2, 0.25) is 10.0 Å². The van der Waals surface area contributed by atoms with Crippen molar-refractivity contribution in [3.8, 4) is 23.8 Å². The zero-order valence-corrected chi connectivity index (χ0v) is 16.5. The summed E-state index contributed by atoms with van der Waals surface area (Å²) >= 11 is 13.7. The minimum absolute atomic E-state index is 0.0762. The Labute approximate surface area is 168 Å². The maximum absolute atomic E-state index is 12.4. The lowest BCUT2D eigenvalue weighted by Crippen LogP contribution is -2.45. The van der Waals surface area contributed by atoms with E-state index in [4.69, 9.17) is 39.1 Å². The van der Waals surface area contributed by atoms with Gasteiger partial charge in [0.2, 0.25) is 0 Å². The molecular weight excluding hydrogens is 395 g/mol. The lowest BCUT2D eigenvalue weighted by Gasteiger charge is -2.32. The van der Waals surface area contributed by atoms with Crippen molar-refractivity contribution >= 4 is 41.1 Å². The molecule has 0 aliphatic carbocycles. The van der Waals surface area contributed by atoms with Crippen LogP contribution in [0.4, 0.5) is 0 Å². The number of likely N-dealkylation sites (tertiary alicyclic amines) is 1. The van der Waals surface area contributed by atoms with Gasteiger partial charge in [0.1, 0.15) is 18.1 Å². The van der Waals surface area contributed by atoms with Crippen LogP contribution in [0.25, 0.3) is 0 Å². The summed E-state index contributed by atoms with van der Waals surface area (Å²) in [5.74, 6) is 2.97. The van der Waals surface area contributed by atoms with Crippen LogP contribution < -0.4 is 14.2 Å². The fraction of sp³-hybridized carbons (Fsp3) is 0.389. The van der Waals surface area contributed by atoms with Crippen LogP contribution in [-0.4, -0.2) is 43.2 Å². The predicted octanol–water partition coefficient (Wildman–Crippen LogP) is 3.76. The van der Waals surface area contributed by atoms with Gasteiger partial charge < -0.3 is 14.4 Å². The number of hydrogen-bond acceptors (Lipinski definition) is 5. The van der Waals surface area contributed by atoms with Crippen LogP contribution >= 0.6 is 35.1 Å². The van der Waals surface area contributed by atoms with Gasteiger partial charge in [-0.05, 0) is 24.3 Å². The van der Waals surface area contributed by atoms with E-state index in [-0.39, 0.29) is 19.1 Å². The first-order valence-corrected chi connectivity index (χ1v) is 9.66. The van der Waals surface area contributed by atoms with Crippen LogP contribution in [0.15, 0.2) is 24.1 Å². The molecule has 0 atom stereocenters. The molecule has 0 bridgehead atoms. The molecule has 1 heterocycles. The molecule has 1 aromatic carbocycles. The van der Waals surface area contributed by atoms with E-state index in [1.165, 1.54) is 24.1 Å². The molecule has 0 unspecified atom stereocenters. The highest BCUT2D eigenvalue weighted by Crippen LogP contribution is 2.35. The van der Waals surface area contributed by atoms with Crippen LogP contribution in [0.5, 0.6) is 11.5 Å². The first-order valence-electron chi connectivity index (χ1n) is 8.03. The number of hydrogen-bond donors (Lipinski definition) is 1. The zero-order valence-electron chi connectivity index (χ0n) is 14.2. The lowest BCUT2D eigenvalue weighted by atomic mass is 10.1. The third kappa shape index (κ3) is 6.03. The quantitative estimate of drug-likeness (QED) is 0.518. The zero-order chi connectivity index (χ0) is 18.9. The molecule has 0 radical (unpaired) electrons. The second-order valence-corrected chi connectivity index (χ2v) is 7.17. The Morgan fingerprint density at radius 1 is 1.35 bits per heavy atom. The fourth-order valence-corrected chi connectivity index (χ4v) is 3.49. The second-order valence-electron chi connectivity index (χ2n) is 5.55. The van der Waals surface area contributed by atoms with E-state index >= 15 is 0 Å². The number of amides is 1. The van der Waals surface area contributed by atoms with Crippen LogP contribution in [0.3, 0.4) is 0 Å². The number of benzene rings is 1. The molecule has 1 aliphatic heterocycles. The highest BCUT2D eigenvalue weighted by atomic mass is 35.5. The minimum Gasteiger partial charge on any atom is -0.482 e. The Morgan fingerprint density at radius 2 is 2.00 bits per heavy atom. The van der Waals surface area contributed by atoms with Crippen molar-refractivity contribution in [2.45, 2.75) is 18.9 Å². The molecule has 1 saturated heterocycles. The summed E-state index contributed by atoms with van der Waals surface area (Å²) in [5.41, 5.74) is 0. The normalized spacial score (nSPS) is 14.6. The van der Waals surface area contributed by atoms with E-state index in [1.807, 2.05) is 0 Å². The predicted molar refractivity (Wildman–Crippen MR) is 107 cm³/mol. The number of terminal acetylenes is 1. The van der Waals surface area contributed by atoms with E-state index in [0.717, 1.165) is 12.8 Å². The van der Waals surface area contributed by atoms with E-state index in [2.05, 4.69) is 17.2 Å². The summed E-state index contributed by atoms with van der Waals surface area (Å²) in [6, 6.07) is 3.42. The van der Waals surface area contributed by atoms with Gasteiger partial charge in [-0.1, -0.05) is 47.6 Å². The molecule has 1 aromatic rings. The standard InChI is InChI=1S/C18H20Cl2N2O3S/c1-3-9-24-16-11-17(15(20)10-14(16)19)25-12-18(23)22-7-5-13(6-8-22)21-26-4-2/h1,4,10-11,13,21H,2,5-9,12H2. The highest BCUT2D eigenvalue weighted by Gasteiger charge is 2.23. The molecule has 5 nitrogen and oxygen atoms in total. The molecule has 0 saturated carbocycles. The topological polar surface area (TPSA) is 50.8 Å². The SMILES string of the molecule is C#CCOc1cc(OCC(=O)N2CCC(NSC=C)CC2)c(Cl)cc1Cl. The van der Waals surface area contributed by atoms with Crippen molar-refractivity contribution in [3.05, 3.63) is 34.2 Å². The van der Waals surface area contributed by atoms with Crippen molar-refractivity contribution in [2.75, 3.05) is 26.3 Å². The van der Waals surface area contributed by atoms with Crippen molar-refractivity contribution in [1.29, 1.82) is 0 Å². The molecule has 140 valence electrons. The van der Waals surface area contributed by atoms with Crippen LogP contribution in [0.1, 0.15) is 12.8 Å². The van der Waals surface area contributed by atoms with E-state index in [0.29, 0.717) is 40.7 Å². The molecule has 1 N–H and O–H groups in total. The van der Waals surface area contributed by atoms with Crippen molar-refractivity contribution < 1.29 is 14.3 Å². The molecule has 2 rings (SSSR count). The number of nitrogens with zero attached hydrogens (tertiary/aromatic N) is 1. The van der Waals surface area contributed by atoms with E-state index < -0.39 is 0 Å². The third-order valence-electron chi connectivity index (χ3n) is 3.81. The summed E-state index contributed by atoms with van der Waals surface area (Å²) < 4.78 is 14.2. The summed E-state index contributed by atoms with van der Waals surface area (Å²) in [6.45, 7) is 5.00. The Balaban J connectivity index is 1.87. The molecule has 0 spiro atoms. The number of rotatable bonds is 8. The van der Waals surface area contributed by atoms with Gasteiger partial charge >= 0.3 is 0 Å².